The van der Waals surface area contributed by atoms with Gasteiger partial charge in [-0.05, 0) is 19.1 Å². The standard InChI is InChI=1S/C21H23FN4O4/c1-13(18(24-28-3)14-9-11-15(22)12-10-14)26-21(30-26)17-8-6-5-7-16(17)19(25-29-4)20(27)23-2/h5-13,21H,1-4H3,(H,23,27). The molecular formula is C21H23FN4O4. The zero-order valence-electron chi connectivity index (χ0n) is 17.1. The molecule has 0 radical (unpaired) electrons. The van der Waals surface area contributed by atoms with Gasteiger partial charge in [0.15, 0.2) is 11.9 Å². The van der Waals surface area contributed by atoms with Crippen LogP contribution >= 0.6 is 0 Å². The van der Waals surface area contributed by atoms with Crippen molar-refractivity contribution in [2.24, 2.45) is 10.3 Å². The number of rotatable bonds is 8. The molecule has 0 spiro atoms. The number of nitrogens with zero attached hydrogens (tertiary/aromatic N) is 3. The quantitative estimate of drug-likeness (QED) is 0.408. The molecule has 1 saturated heterocycles. The van der Waals surface area contributed by atoms with Gasteiger partial charge in [0, 0.05) is 23.7 Å². The summed E-state index contributed by atoms with van der Waals surface area (Å²) in [5.41, 5.74) is 2.77. The predicted molar refractivity (Wildman–Crippen MR) is 109 cm³/mol. The highest BCUT2D eigenvalue weighted by Crippen LogP contribution is 2.41. The van der Waals surface area contributed by atoms with Gasteiger partial charge in [0.2, 0.25) is 0 Å². The number of carbonyl (C=O) groups excluding carboxylic acids is 1. The fraction of sp³-hybridized carbons (Fsp3) is 0.286. The molecule has 3 atom stereocenters. The normalized spacial score (nSPS) is 19.8. The van der Waals surface area contributed by atoms with Crippen molar-refractivity contribution in [1.82, 2.24) is 10.4 Å². The maximum absolute atomic E-state index is 13.3. The van der Waals surface area contributed by atoms with Crippen molar-refractivity contribution < 1.29 is 23.7 Å². The summed E-state index contributed by atoms with van der Waals surface area (Å²) in [6.45, 7) is 1.90. The Kier molecular flexibility index (Phi) is 6.76. The van der Waals surface area contributed by atoms with E-state index in [4.69, 9.17) is 14.5 Å². The van der Waals surface area contributed by atoms with Crippen LogP contribution in [0.5, 0.6) is 0 Å². The van der Waals surface area contributed by atoms with Crippen LogP contribution in [0.25, 0.3) is 0 Å². The molecule has 9 heteroatoms. The van der Waals surface area contributed by atoms with E-state index in [0.717, 1.165) is 5.56 Å². The number of halogens is 1. The molecule has 2 aromatic rings. The van der Waals surface area contributed by atoms with E-state index in [0.29, 0.717) is 16.8 Å². The zero-order valence-corrected chi connectivity index (χ0v) is 17.1. The minimum absolute atomic E-state index is 0.142. The Morgan fingerprint density at radius 1 is 1.13 bits per heavy atom. The number of hydroxylamine groups is 2. The van der Waals surface area contributed by atoms with Crippen LogP contribution in [0.4, 0.5) is 4.39 Å². The van der Waals surface area contributed by atoms with Crippen molar-refractivity contribution in [2.75, 3.05) is 21.3 Å². The number of hydrogen-bond donors (Lipinski definition) is 1. The van der Waals surface area contributed by atoms with Gasteiger partial charge in [0.25, 0.3) is 5.91 Å². The lowest BCUT2D eigenvalue weighted by Crippen LogP contribution is -2.30. The van der Waals surface area contributed by atoms with E-state index in [1.54, 1.807) is 29.3 Å². The lowest BCUT2D eigenvalue weighted by atomic mass is 10.0. The summed E-state index contributed by atoms with van der Waals surface area (Å²) >= 11 is 0. The number of amides is 1. The summed E-state index contributed by atoms with van der Waals surface area (Å²) in [5.74, 6) is -0.713. The molecule has 0 aromatic heterocycles. The van der Waals surface area contributed by atoms with Crippen LogP contribution < -0.4 is 5.32 Å². The van der Waals surface area contributed by atoms with Crippen molar-refractivity contribution in [1.29, 1.82) is 0 Å². The highest BCUT2D eigenvalue weighted by molar-refractivity contribution is 6.45. The van der Waals surface area contributed by atoms with Crippen molar-refractivity contribution in [3.63, 3.8) is 0 Å². The summed E-state index contributed by atoms with van der Waals surface area (Å²) in [6, 6.07) is 13.0. The fourth-order valence-corrected chi connectivity index (χ4v) is 3.14. The van der Waals surface area contributed by atoms with Crippen LogP contribution in [-0.2, 0) is 19.3 Å². The second kappa shape index (κ2) is 9.47. The van der Waals surface area contributed by atoms with E-state index in [1.165, 1.54) is 33.4 Å². The first-order chi connectivity index (χ1) is 14.5. The fourth-order valence-electron chi connectivity index (χ4n) is 3.14. The molecular weight excluding hydrogens is 391 g/mol. The summed E-state index contributed by atoms with van der Waals surface area (Å²) in [5, 5.41) is 12.3. The molecule has 8 nitrogen and oxygen atoms in total. The maximum Gasteiger partial charge on any atom is 0.273 e. The first kappa shape index (κ1) is 21.4. The van der Waals surface area contributed by atoms with Crippen molar-refractivity contribution in [3.05, 3.63) is 71.0 Å². The Balaban J connectivity index is 1.89. The third kappa shape index (κ3) is 4.47. The monoisotopic (exact) mass is 414 g/mol. The number of oxime groups is 2. The molecule has 1 amide bonds. The van der Waals surface area contributed by atoms with Crippen LogP contribution in [0.1, 0.15) is 29.8 Å². The molecule has 1 N–H and O–H groups in total. The van der Waals surface area contributed by atoms with Gasteiger partial charge in [0.1, 0.15) is 25.7 Å². The number of nitrogens with one attached hydrogen (secondary N) is 1. The second-order valence-corrected chi connectivity index (χ2v) is 6.45. The smallest absolute Gasteiger partial charge is 0.273 e. The first-order valence-electron chi connectivity index (χ1n) is 9.26. The highest BCUT2D eigenvalue weighted by atomic mass is 19.1. The molecule has 30 heavy (non-hydrogen) atoms. The molecule has 1 aliphatic rings. The number of carbonyl (C=O) groups is 1. The molecule has 3 rings (SSSR count). The third-order valence-corrected chi connectivity index (χ3v) is 4.62. The molecule has 1 fully saturated rings. The topological polar surface area (TPSA) is 87.8 Å². The van der Waals surface area contributed by atoms with Crippen molar-refractivity contribution in [3.8, 4) is 0 Å². The van der Waals surface area contributed by atoms with E-state index >= 15 is 0 Å². The van der Waals surface area contributed by atoms with Gasteiger partial charge < -0.3 is 15.0 Å². The largest absolute Gasteiger partial charge is 0.399 e. The lowest BCUT2D eigenvalue weighted by molar-refractivity contribution is -0.114. The third-order valence-electron chi connectivity index (χ3n) is 4.62. The molecule has 3 unspecified atom stereocenters. The number of hydrogen-bond acceptors (Lipinski definition) is 7. The van der Waals surface area contributed by atoms with Gasteiger partial charge in [-0.15, -0.1) is 5.06 Å². The van der Waals surface area contributed by atoms with Gasteiger partial charge in [0.05, 0.1) is 6.04 Å². The van der Waals surface area contributed by atoms with Crippen molar-refractivity contribution >= 4 is 17.3 Å². The first-order valence-corrected chi connectivity index (χ1v) is 9.26. The Morgan fingerprint density at radius 3 is 2.43 bits per heavy atom. The molecule has 0 aliphatic carbocycles. The van der Waals surface area contributed by atoms with E-state index in [-0.39, 0.29) is 23.5 Å². The Hall–Kier alpha value is -3.30. The maximum atomic E-state index is 13.3. The molecule has 158 valence electrons. The van der Waals surface area contributed by atoms with Gasteiger partial charge in [-0.1, -0.05) is 46.7 Å². The summed E-state index contributed by atoms with van der Waals surface area (Å²) in [6.07, 6.45) is -0.426. The second-order valence-electron chi connectivity index (χ2n) is 6.45. The average Bonchev–Trinajstić information content (AvgIpc) is 3.56. The SMILES string of the molecule is CNC(=O)C(=NOC)c1ccccc1C1ON1C(C)C(=NOC)c1ccc(F)cc1. The Bertz CT molecular complexity index is 962. The Labute approximate surface area is 173 Å². The minimum Gasteiger partial charge on any atom is -0.399 e. The van der Waals surface area contributed by atoms with Gasteiger partial charge in [-0.2, -0.15) is 0 Å². The van der Waals surface area contributed by atoms with Crippen LogP contribution in [0.15, 0.2) is 58.8 Å². The molecule has 0 saturated carbocycles. The summed E-state index contributed by atoms with van der Waals surface area (Å²) < 4.78 is 13.3. The van der Waals surface area contributed by atoms with Crippen LogP contribution in [0.2, 0.25) is 0 Å². The number of likely N-dealkylation sites (N-methyl/N-ethyl adjacent to an activating group) is 1. The summed E-state index contributed by atoms with van der Waals surface area (Å²) in [7, 11) is 4.35. The van der Waals surface area contributed by atoms with Crippen LogP contribution in [0.3, 0.4) is 0 Å². The Morgan fingerprint density at radius 2 is 1.80 bits per heavy atom. The zero-order chi connectivity index (χ0) is 21.7. The molecule has 1 aliphatic heterocycles. The van der Waals surface area contributed by atoms with Crippen LogP contribution in [0, 0.1) is 5.82 Å². The van der Waals surface area contributed by atoms with E-state index < -0.39 is 6.23 Å². The molecule has 1 heterocycles. The van der Waals surface area contributed by atoms with Crippen LogP contribution in [-0.4, -0.2) is 49.7 Å². The van der Waals surface area contributed by atoms with E-state index in [9.17, 15) is 9.18 Å². The predicted octanol–water partition coefficient (Wildman–Crippen LogP) is 2.61. The van der Waals surface area contributed by atoms with Gasteiger partial charge in [-0.25, -0.2) is 4.39 Å². The molecule has 2 aromatic carbocycles. The highest BCUT2D eigenvalue weighted by Gasteiger charge is 2.45. The van der Waals surface area contributed by atoms with Gasteiger partial charge >= 0.3 is 0 Å². The number of benzene rings is 2. The lowest BCUT2D eigenvalue weighted by Gasteiger charge is -2.14. The van der Waals surface area contributed by atoms with E-state index in [2.05, 4.69) is 15.6 Å². The van der Waals surface area contributed by atoms with Gasteiger partial charge in [-0.3, -0.25) is 9.63 Å². The summed E-state index contributed by atoms with van der Waals surface area (Å²) in [4.78, 5) is 27.9. The average molecular weight is 414 g/mol. The van der Waals surface area contributed by atoms with E-state index in [1.807, 2.05) is 19.1 Å². The molecule has 0 bridgehead atoms. The van der Waals surface area contributed by atoms with Crippen molar-refractivity contribution in [2.45, 2.75) is 19.2 Å². The minimum atomic E-state index is -0.426.